The molecule has 2 heterocycles. The zero-order valence-corrected chi connectivity index (χ0v) is 15.3. The molecular formula is C19H17ClN4O3. The molecule has 0 radical (unpaired) electrons. The number of hydrogen-bond donors (Lipinski definition) is 2. The van der Waals surface area contributed by atoms with Gasteiger partial charge in [0.15, 0.2) is 5.82 Å². The van der Waals surface area contributed by atoms with Crippen LogP contribution < -0.4 is 10.6 Å². The molecule has 7 nitrogen and oxygen atoms in total. The minimum atomic E-state index is -0.424. The van der Waals surface area contributed by atoms with Gasteiger partial charge in [-0.3, -0.25) is 14.6 Å². The number of nitrogens with one attached hydrogen (secondary N) is 2. The predicted octanol–water partition coefficient (Wildman–Crippen LogP) is 3.26. The van der Waals surface area contributed by atoms with Crippen molar-refractivity contribution in [2.24, 2.45) is 0 Å². The zero-order valence-electron chi connectivity index (χ0n) is 14.5. The average Bonchev–Trinajstić information content (AvgIpc) is 3.08. The quantitative estimate of drug-likeness (QED) is 0.679. The second-order valence-electron chi connectivity index (χ2n) is 5.87. The standard InChI is InChI=1S/C19H17ClN4O3/c1-12-8-17(24-27-12)23-19(26)15-9-14(10-21-11-15)18(25)22-7-6-13-2-4-16(20)5-3-13/h2-5,8-11H,6-7H2,1H3,(H,22,25)(H,23,24,26). The molecule has 3 aromatic rings. The van der Waals surface area contributed by atoms with Crippen LogP contribution in [0.1, 0.15) is 32.0 Å². The third-order valence-corrected chi connectivity index (χ3v) is 4.00. The van der Waals surface area contributed by atoms with Crippen LogP contribution in [0.15, 0.2) is 53.3 Å². The topological polar surface area (TPSA) is 97.1 Å². The minimum Gasteiger partial charge on any atom is -0.360 e. The lowest BCUT2D eigenvalue weighted by molar-refractivity contribution is 0.0953. The maximum Gasteiger partial charge on any atom is 0.258 e. The molecule has 0 atom stereocenters. The monoisotopic (exact) mass is 384 g/mol. The number of carbonyl (C=O) groups excluding carboxylic acids is 2. The van der Waals surface area contributed by atoms with Crippen LogP contribution in [0.3, 0.4) is 0 Å². The van der Waals surface area contributed by atoms with E-state index in [2.05, 4.69) is 20.8 Å². The molecular weight excluding hydrogens is 368 g/mol. The van der Waals surface area contributed by atoms with Gasteiger partial charge in [-0.25, -0.2) is 0 Å². The Morgan fingerprint density at radius 1 is 1.07 bits per heavy atom. The van der Waals surface area contributed by atoms with Crippen molar-refractivity contribution in [3.8, 4) is 0 Å². The Hall–Kier alpha value is -3.19. The van der Waals surface area contributed by atoms with Crippen LogP contribution in [0.2, 0.25) is 5.02 Å². The van der Waals surface area contributed by atoms with E-state index in [0.717, 1.165) is 5.56 Å². The predicted molar refractivity (Wildman–Crippen MR) is 101 cm³/mol. The van der Waals surface area contributed by atoms with Gasteiger partial charge >= 0.3 is 0 Å². The van der Waals surface area contributed by atoms with Gasteiger partial charge in [0.2, 0.25) is 0 Å². The van der Waals surface area contributed by atoms with E-state index in [1.165, 1.54) is 18.5 Å². The summed E-state index contributed by atoms with van der Waals surface area (Å²) in [5.74, 6) is 0.155. The SMILES string of the molecule is Cc1cc(NC(=O)c2cncc(C(=O)NCCc3ccc(Cl)cc3)c2)no1. The minimum absolute atomic E-state index is 0.251. The van der Waals surface area contributed by atoms with Crippen LogP contribution in [-0.4, -0.2) is 28.5 Å². The van der Waals surface area contributed by atoms with Gasteiger partial charge in [0, 0.05) is 30.0 Å². The highest BCUT2D eigenvalue weighted by molar-refractivity contribution is 6.30. The summed E-state index contributed by atoms with van der Waals surface area (Å²) < 4.78 is 4.90. The number of nitrogens with zero attached hydrogens (tertiary/aromatic N) is 2. The fraction of sp³-hybridized carbons (Fsp3) is 0.158. The van der Waals surface area contributed by atoms with Crippen LogP contribution in [0, 0.1) is 6.92 Å². The summed E-state index contributed by atoms with van der Waals surface area (Å²) in [6.07, 6.45) is 3.46. The molecule has 27 heavy (non-hydrogen) atoms. The normalized spacial score (nSPS) is 10.4. The average molecular weight is 385 g/mol. The van der Waals surface area contributed by atoms with Gasteiger partial charge in [-0.15, -0.1) is 0 Å². The van der Waals surface area contributed by atoms with Crippen LogP contribution in [0.25, 0.3) is 0 Å². The van der Waals surface area contributed by atoms with E-state index in [-0.39, 0.29) is 11.5 Å². The number of rotatable bonds is 6. The lowest BCUT2D eigenvalue weighted by Gasteiger charge is -2.07. The number of anilines is 1. The molecule has 0 aliphatic carbocycles. The number of aryl methyl sites for hydroxylation is 1. The Labute approximate surface area is 160 Å². The highest BCUT2D eigenvalue weighted by Crippen LogP contribution is 2.11. The third kappa shape index (κ3) is 5.15. The number of aromatic nitrogens is 2. The van der Waals surface area contributed by atoms with Gasteiger partial charge in [-0.2, -0.15) is 0 Å². The molecule has 0 bridgehead atoms. The van der Waals surface area contributed by atoms with Crippen molar-refractivity contribution in [3.63, 3.8) is 0 Å². The Morgan fingerprint density at radius 2 is 1.78 bits per heavy atom. The zero-order chi connectivity index (χ0) is 19.2. The molecule has 2 aromatic heterocycles. The fourth-order valence-corrected chi connectivity index (χ4v) is 2.50. The van der Waals surface area contributed by atoms with Crippen molar-refractivity contribution in [3.05, 3.63) is 76.3 Å². The molecule has 1 aromatic carbocycles. The van der Waals surface area contributed by atoms with Crippen molar-refractivity contribution in [2.75, 3.05) is 11.9 Å². The lowest BCUT2D eigenvalue weighted by Crippen LogP contribution is -2.26. The van der Waals surface area contributed by atoms with Gasteiger partial charge in [-0.1, -0.05) is 28.9 Å². The number of halogens is 1. The second kappa shape index (κ2) is 8.46. The summed E-state index contributed by atoms with van der Waals surface area (Å²) in [7, 11) is 0. The van der Waals surface area contributed by atoms with Crippen LogP contribution in [0.5, 0.6) is 0 Å². The first-order valence-corrected chi connectivity index (χ1v) is 8.61. The van der Waals surface area contributed by atoms with E-state index in [4.69, 9.17) is 16.1 Å². The first-order chi connectivity index (χ1) is 13.0. The van der Waals surface area contributed by atoms with E-state index in [1.54, 1.807) is 25.1 Å². The summed E-state index contributed by atoms with van der Waals surface area (Å²) in [5.41, 5.74) is 1.62. The molecule has 2 N–H and O–H groups in total. The van der Waals surface area contributed by atoms with Gasteiger partial charge in [0.1, 0.15) is 5.76 Å². The molecule has 0 aliphatic heterocycles. The number of amides is 2. The lowest BCUT2D eigenvalue weighted by atomic mass is 10.1. The number of benzene rings is 1. The van der Waals surface area contributed by atoms with Crippen molar-refractivity contribution >= 4 is 29.2 Å². The molecule has 0 saturated carbocycles. The van der Waals surface area contributed by atoms with Gasteiger partial charge in [0.25, 0.3) is 11.8 Å². The maximum atomic E-state index is 12.3. The van der Waals surface area contributed by atoms with E-state index in [0.29, 0.717) is 35.1 Å². The van der Waals surface area contributed by atoms with Gasteiger partial charge in [0.05, 0.1) is 11.1 Å². The van der Waals surface area contributed by atoms with Crippen molar-refractivity contribution in [1.29, 1.82) is 0 Å². The molecule has 0 aliphatic rings. The van der Waals surface area contributed by atoms with Gasteiger partial charge < -0.3 is 15.2 Å². The molecule has 8 heteroatoms. The van der Waals surface area contributed by atoms with E-state index in [9.17, 15) is 9.59 Å². The Kier molecular flexibility index (Phi) is 5.83. The summed E-state index contributed by atoms with van der Waals surface area (Å²) in [5, 5.41) is 9.77. The highest BCUT2D eigenvalue weighted by Gasteiger charge is 2.13. The van der Waals surface area contributed by atoms with Gasteiger partial charge in [-0.05, 0) is 37.1 Å². The van der Waals surface area contributed by atoms with Crippen molar-refractivity contribution in [2.45, 2.75) is 13.3 Å². The molecule has 0 unspecified atom stereocenters. The molecule has 0 spiro atoms. The Morgan fingerprint density at radius 3 is 2.44 bits per heavy atom. The third-order valence-electron chi connectivity index (χ3n) is 3.74. The Bertz CT molecular complexity index is 954. The van der Waals surface area contributed by atoms with E-state index < -0.39 is 5.91 Å². The van der Waals surface area contributed by atoms with Crippen molar-refractivity contribution < 1.29 is 14.1 Å². The van der Waals surface area contributed by atoms with E-state index >= 15 is 0 Å². The summed E-state index contributed by atoms with van der Waals surface area (Å²) >= 11 is 5.85. The molecule has 2 amide bonds. The van der Waals surface area contributed by atoms with Crippen LogP contribution in [-0.2, 0) is 6.42 Å². The Balaban J connectivity index is 1.57. The number of carbonyl (C=O) groups is 2. The smallest absolute Gasteiger partial charge is 0.258 e. The molecule has 0 fully saturated rings. The molecule has 138 valence electrons. The summed E-state index contributed by atoms with van der Waals surface area (Å²) in [6.45, 7) is 2.17. The summed E-state index contributed by atoms with van der Waals surface area (Å²) in [4.78, 5) is 28.5. The first kappa shape index (κ1) is 18.6. The maximum absolute atomic E-state index is 12.3. The van der Waals surface area contributed by atoms with E-state index in [1.807, 2.05) is 12.1 Å². The summed E-state index contributed by atoms with van der Waals surface area (Å²) in [6, 6.07) is 10.5. The van der Waals surface area contributed by atoms with Crippen molar-refractivity contribution in [1.82, 2.24) is 15.5 Å². The van der Waals surface area contributed by atoms with Crippen LogP contribution in [0.4, 0.5) is 5.82 Å². The fourth-order valence-electron chi connectivity index (χ4n) is 2.38. The first-order valence-electron chi connectivity index (χ1n) is 8.23. The number of hydrogen-bond acceptors (Lipinski definition) is 5. The second-order valence-corrected chi connectivity index (χ2v) is 6.31. The number of pyridine rings is 1. The molecule has 3 rings (SSSR count). The molecule has 0 saturated heterocycles. The highest BCUT2D eigenvalue weighted by atomic mass is 35.5. The van der Waals surface area contributed by atoms with Crippen LogP contribution >= 0.6 is 11.6 Å². The largest absolute Gasteiger partial charge is 0.360 e.